The number of hydrogen-bond acceptors (Lipinski definition) is 3. The van der Waals surface area contributed by atoms with Gasteiger partial charge in [-0.05, 0) is 30.5 Å². The number of nitrogen functional groups attached to an aromatic ring is 1. The largest absolute Gasteiger partial charge is 0.481 e. The molecule has 0 bridgehead atoms. The Morgan fingerprint density at radius 2 is 1.80 bits per heavy atom. The van der Waals surface area contributed by atoms with Gasteiger partial charge in [0.15, 0.2) is 0 Å². The van der Waals surface area contributed by atoms with E-state index in [2.05, 4.69) is 5.32 Å². The van der Waals surface area contributed by atoms with Crippen LogP contribution in [0.4, 0.5) is 5.69 Å². The summed E-state index contributed by atoms with van der Waals surface area (Å²) >= 11 is 0. The third kappa shape index (κ3) is 3.73. The molecule has 0 spiro atoms. The van der Waals surface area contributed by atoms with Gasteiger partial charge in [-0.25, -0.2) is 0 Å². The van der Waals surface area contributed by atoms with Gasteiger partial charge in [-0.1, -0.05) is 25.0 Å². The average molecular weight is 276 g/mol. The molecule has 20 heavy (non-hydrogen) atoms. The maximum atomic E-state index is 12.1. The number of carboxylic acids is 1. The van der Waals surface area contributed by atoms with Crippen LogP contribution in [0.2, 0.25) is 0 Å². The van der Waals surface area contributed by atoms with Crippen molar-refractivity contribution in [1.82, 2.24) is 5.32 Å². The van der Waals surface area contributed by atoms with Crippen LogP contribution in [0.1, 0.15) is 37.7 Å². The molecule has 1 saturated carbocycles. The number of carboxylic acid groups (broad SMARTS) is 1. The van der Waals surface area contributed by atoms with E-state index in [9.17, 15) is 9.59 Å². The van der Waals surface area contributed by atoms with Gasteiger partial charge in [-0.2, -0.15) is 0 Å². The third-order valence-corrected chi connectivity index (χ3v) is 3.80. The van der Waals surface area contributed by atoms with Gasteiger partial charge in [0, 0.05) is 5.69 Å². The number of carbonyl (C=O) groups is 2. The molecule has 4 N–H and O–H groups in total. The topological polar surface area (TPSA) is 92.4 Å². The number of carbonyl (C=O) groups excluding carboxylic acids is 1. The van der Waals surface area contributed by atoms with Crippen LogP contribution in [-0.2, 0) is 16.0 Å². The average Bonchev–Trinajstić information content (AvgIpc) is 2.79. The Bertz CT molecular complexity index is 490. The molecular weight excluding hydrogens is 256 g/mol. The minimum atomic E-state index is -0.861. The van der Waals surface area contributed by atoms with Crippen molar-refractivity contribution in [1.29, 1.82) is 0 Å². The molecule has 5 nitrogen and oxygen atoms in total. The molecule has 1 fully saturated rings. The molecule has 2 rings (SSSR count). The Labute approximate surface area is 118 Å². The molecular formula is C15H20N2O3. The Kier molecular flexibility index (Phi) is 4.27. The van der Waals surface area contributed by atoms with Crippen molar-refractivity contribution >= 4 is 17.6 Å². The molecule has 1 aromatic rings. The summed E-state index contributed by atoms with van der Waals surface area (Å²) in [6, 6.07) is 7.14. The van der Waals surface area contributed by atoms with Gasteiger partial charge in [0.05, 0.1) is 18.4 Å². The van der Waals surface area contributed by atoms with E-state index in [0.717, 1.165) is 31.2 Å². The van der Waals surface area contributed by atoms with Gasteiger partial charge in [0.2, 0.25) is 5.91 Å². The molecule has 0 aromatic heterocycles. The van der Waals surface area contributed by atoms with Crippen LogP contribution in [-0.4, -0.2) is 22.5 Å². The van der Waals surface area contributed by atoms with Crippen molar-refractivity contribution in [3.05, 3.63) is 29.8 Å². The maximum Gasteiger partial charge on any atom is 0.305 e. The fraction of sp³-hybridized carbons (Fsp3) is 0.467. The molecule has 1 aliphatic carbocycles. The Hall–Kier alpha value is -2.04. The summed E-state index contributed by atoms with van der Waals surface area (Å²) in [6.07, 6.45) is 3.67. The number of anilines is 1. The second-order valence-corrected chi connectivity index (χ2v) is 5.52. The van der Waals surface area contributed by atoms with E-state index in [0.29, 0.717) is 5.69 Å². The van der Waals surface area contributed by atoms with E-state index in [4.69, 9.17) is 10.8 Å². The number of nitrogens with one attached hydrogen (secondary N) is 1. The van der Waals surface area contributed by atoms with E-state index in [1.54, 1.807) is 12.1 Å². The molecule has 0 saturated heterocycles. The van der Waals surface area contributed by atoms with Crippen molar-refractivity contribution < 1.29 is 14.7 Å². The summed E-state index contributed by atoms with van der Waals surface area (Å²) in [6.45, 7) is 0. The molecule has 0 heterocycles. The first-order valence-electron chi connectivity index (χ1n) is 6.86. The normalized spacial score (nSPS) is 16.8. The third-order valence-electron chi connectivity index (χ3n) is 3.80. The standard InChI is InChI=1S/C15H20N2O3/c16-12-5-3-11(4-6-12)9-13(18)17-15(10-14(19)20)7-1-2-8-15/h3-6H,1-2,7-10,16H2,(H,17,18)(H,19,20). The van der Waals surface area contributed by atoms with Gasteiger partial charge in [0.1, 0.15) is 0 Å². The molecule has 108 valence electrons. The lowest BCUT2D eigenvalue weighted by atomic mass is 9.92. The molecule has 1 amide bonds. The van der Waals surface area contributed by atoms with Crippen molar-refractivity contribution in [3.8, 4) is 0 Å². The number of rotatable bonds is 5. The van der Waals surface area contributed by atoms with Crippen LogP contribution in [0.3, 0.4) is 0 Å². The first-order chi connectivity index (χ1) is 9.49. The van der Waals surface area contributed by atoms with Crippen LogP contribution >= 0.6 is 0 Å². The van der Waals surface area contributed by atoms with Crippen LogP contribution in [0.5, 0.6) is 0 Å². The van der Waals surface area contributed by atoms with Crippen LogP contribution in [0.15, 0.2) is 24.3 Å². The molecule has 0 aliphatic heterocycles. The van der Waals surface area contributed by atoms with E-state index >= 15 is 0 Å². The molecule has 1 aliphatic rings. The summed E-state index contributed by atoms with van der Waals surface area (Å²) in [5.74, 6) is -0.988. The zero-order valence-corrected chi connectivity index (χ0v) is 11.4. The van der Waals surface area contributed by atoms with Crippen molar-refractivity contribution in [2.24, 2.45) is 0 Å². The van der Waals surface area contributed by atoms with Crippen molar-refractivity contribution in [2.45, 2.75) is 44.1 Å². The summed E-state index contributed by atoms with van der Waals surface area (Å²) in [5.41, 5.74) is 6.58. The van der Waals surface area contributed by atoms with Gasteiger partial charge < -0.3 is 16.2 Å². The number of nitrogens with two attached hydrogens (primary N) is 1. The monoisotopic (exact) mass is 276 g/mol. The molecule has 0 radical (unpaired) electrons. The van der Waals surface area contributed by atoms with Gasteiger partial charge in [-0.3, -0.25) is 9.59 Å². The lowest BCUT2D eigenvalue weighted by Gasteiger charge is -2.28. The number of hydrogen-bond donors (Lipinski definition) is 3. The molecule has 5 heteroatoms. The van der Waals surface area contributed by atoms with Crippen LogP contribution in [0, 0.1) is 0 Å². The Balaban J connectivity index is 1.98. The molecule has 1 aromatic carbocycles. The SMILES string of the molecule is Nc1ccc(CC(=O)NC2(CC(=O)O)CCCC2)cc1. The lowest BCUT2D eigenvalue weighted by molar-refractivity contribution is -0.139. The van der Waals surface area contributed by atoms with Crippen molar-refractivity contribution in [3.63, 3.8) is 0 Å². The summed E-state index contributed by atoms with van der Waals surface area (Å²) in [7, 11) is 0. The van der Waals surface area contributed by atoms with Gasteiger partial charge in [-0.15, -0.1) is 0 Å². The fourth-order valence-electron chi connectivity index (χ4n) is 2.85. The van der Waals surface area contributed by atoms with Crippen molar-refractivity contribution in [2.75, 3.05) is 5.73 Å². The maximum absolute atomic E-state index is 12.1. The molecule has 0 unspecified atom stereocenters. The zero-order chi connectivity index (χ0) is 14.6. The van der Waals surface area contributed by atoms with E-state index in [-0.39, 0.29) is 18.7 Å². The van der Waals surface area contributed by atoms with Gasteiger partial charge >= 0.3 is 5.97 Å². The van der Waals surface area contributed by atoms with E-state index < -0.39 is 11.5 Å². The quantitative estimate of drug-likeness (QED) is 0.714. The van der Waals surface area contributed by atoms with E-state index in [1.807, 2.05) is 12.1 Å². The number of benzene rings is 1. The molecule has 0 atom stereocenters. The summed E-state index contributed by atoms with van der Waals surface area (Å²) in [5, 5.41) is 11.9. The highest BCUT2D eigenvalue weighted by Crippen LogP contribution is 2.32. The predicted octanol–water partition coefficient (Wildman–Crippen LogP) is 1.71. The highest BCUT2D eigenvalue weighted by molar-refractivity contribution is 5.80. The Morgan fingerprint density at radius 3 is 2.35 bits per heavy atom. The second kappa shape index (κ2) is 5.94. The Morgan fingerprint density at radius 1 is 1.20 bits per heavy atom. The highest BCUT2D eigenvalue weighted by Gasteiger charge is 2.37. The lowest BCUT2D eigenvalue weighted by Crippen LogP contribution is -2.48. The first-order valence-corrected chi connectivity index (χ1v) is 6.86. The predicted molar refractivity (Wildman–Crippen MR) is 76.2 cm³/mol. The van der Waals surface area contributed by atoms with Crippen LogP contribution < -0.4 is 11.1 Å². The fourth-order valence-corrected chi connectivity index (χ4v) is 2.85. The summed E-state index contributed by atoms with van der Waals surface area (Å²) < 4.78 is 0. The number of amides is 1. The zero-order valence-electron chi connectivity index (χ0n) is 11.4. The smallest absolute Gasteiger partial charge is 0.305 e. The summed E-state index contributed by atoms with van der Waals surface area (Å²) in [4.78, 5) is 23.1. The van der Waals surface area contributed by atoms with E-state index in [1.165, 1.54) is 0 Å². The minimum absolute atomic E-state index is 0.000474. The number of aliphatic carboxylic acids is 1. The highest BCUT2D eigenvalue weighted by atomic mass is 16.4. The first kappa shape index (κ1) is 14.4. The minimum Gasteiger partial charge on any atom is -0.481 e. The second-order valence-electron chi connectivity index (χ2n) is 5.52. The van der Waals surface area contributed by atoms with Crippen LogP contribution in [0.25, 0.3) is 0 Å². The van der Waals surface area contributed by atoms with Gasteiger partial charge in [0.25, 0.3) is 0 Å².